The van der Waals surface area contributed by atoms with Crippen LogP contribution in [0.5, 0.6) is 0 Å². The number of allylic oxidation sites excluding steroid dienone is 8. The number of benzene rings is 1. The van der Waals surface area contributed by atoms with Crippen LogP contribution in [0.15, 0.2) is 64.8 Å². The molecule has 0 saturated heterocycles. The van der Waals surface area contributed by atoms with E-state index in [1.165, 1.54) is 45.3 Å². The quantitative estimate of drug-likeness (QED) is 0.321. The van der Waals surface area contributed by atoms with Crippen molar-refractivity contribution in [2.75, 3.05) is 0 Å². The van der Waals surface area contributed by atoms with Gasteiger partial charge in [-0.15, -0.1) is 12.8 Å². The first-order valence-corrected chi connectivity index (χ1v) is 17.9. The van der Waals surface area contributed by atoms with Gasteiger partial charge in [0, 0.05) is 0 Å². The summed E-state index contributed by atoms with van der Waals surface area (Å²) in [7, 11) is 0. The Morgan fingerprint density at radius 1 is 0.742 bits per heavy atom. The van der Waals surface area contributed by atoms with Crippen LogP contribution in [0.2, 0.25) is 6.55 Å². The summed E-state index contributed by atoms with van der Waals surface area (Å²) in [6, 6.07) is 10.8. The Morgan fingerprint density at radius 3 is 1.26 bits per heavy atom. The molecule has 0 amide bonds. The molecule has 0 unspecified atom stereocenters. The average molecular weight is 640 g/mol. The third-order valence-corrected chi connectivity index (χ3v) is 9.34. The number of hydrogen-bond acceptors (Lipinski definition) is 0. The van der Waals surface area contributed by atoms with Crippen LogP contribution >= 0.6 is 0 Å². The van der Waals surface area contributed by atoms with Crippen LogP contribution in [-0.2, 0) is 23.0 Å². The fourth-order valence-electron chi connectivity index (χ4n) is 2.85. The van der Waals surface area contributed by atoms with Crippen molar-refractivity contribution in [1.82, 2.24) is 0 Å². The van der Waals surface area contributed by atoms with Crippen molar-refractivity contribution in [2.24, 2.45) is 10.8 Å². The summed E-state index contributed by atoms with van der Waals surface area (Å²) in [5.74, 6) is 0. The Bertz CT molecular complexity index is 771. The molecule has 0 spiro atoms. The van der Waals surface area contributed by atoms with Gasteiger partial charge >= 0.3 is 70.6 Å². The zero-order valence-electron chi connectivity index (χ0n) is 20.7. The predicted octanol–water partition coefficient (Wildman–Crippen LogP) is 1.29. The molecule has 0 aliphatic heterocycles. The Hall–Kier alpha value is -0.153. The second-order valence-electron chi connectivity index (χ2n) is 9.90. The van der Waals surface area contributed by atoms with E-state index >= 15 is 0 Å². The second kappa shape index (κ2) is 14.9. The molecule has 0 N–H and O–H groups in total. The molecule has 0 fully saturated rings. The van der Waals surface area contributed by atoms with Gasteiger partial charge in [0.05, 0.1) is 0 Å². The third-order valence-electron chi connectivity index (χ3n) is 5.03. The molecule has 1 aromatic carbocycles. The molecule has 3 rings (SSSR count). The minimum absolute atomic E-state index is 0. The summed E-state index contributed by atoms with van der Waals surface area (Å²) < 4.78 is 0. The van der Waals surface area contributed by atoms with Gasteiger partial charge in [-0.1, -0.05) is 55.4 Å². The molecule has 2 aliphatic carbocycles. The maximum absolute atomic E-state index is 3.30. The molecule has 0 heterocycles. The van der Waals surface area contributed by atoms with Crippen LogP contribution in [0.3, 0.4) is 0 Å². The molecule has 4 heteroatoms. The number of rotatable bonds is 1. The second-order valence-corrected chi connectivity index (χ2v) is 19.8. The average Bonchev–Trinajstić information content (AvgIpc) is 3.25. The molecule has 0 atom stereocenters. The van der Waals surface area contributed by atoms with Crippen LogP contribution in [0.25, 0.3) is 0 Å². The van der Waals surface area contributed by atoms with Crippen LogP contribution in [0, 0.1) is 23.0 Å². The van der Waals surface area contributed by atoms with Crippen molar-refractivity contribution in [2.45, 2.75) is 74.8 Å². The molecule has 0 nitrogen and oxygen atoms in total. The monoisotopic (exact) mass is 640 g/mol. The van der Waals surface area contributed by atoms with E-state index in [0.29, 0.717) is 10.8 Å². The van der Waals surface area contributed by atoms with Crippen LogP contribution in [0.4, 0.5) is 0 Å². The molecule has 0 bridgehead atoms. The van der Waals surface area contributed by atoms with Crippen molar-refractivity contribution >= 4 is 10.7 Å². The largest absolute Gasteiger partial charge is 1.00 e. The first-order chi connectivity index (χ1) is 13.3. The molecule has 0 radical (unpaired) electrons. The third kappa shape index (κ3) is 13.2. The van der Waals surface area contributed by atoms with Crippen molar-refractivity contribution in [3.05, 3.63) is 76.9 Å². The Labute approximate surface area is 219 Å². The Kier molecular flexibility index (Phi) is 15.9. The first kappa shape index (κ1) is 33.0. The molecule has 1 aromatic rings. The smallest absolute Gasteiger partial charge is 1.00 e. The van der Waals surface area contributed by atoms with Crippen molar-refractivity contribution in [3.63, 3.8) is 0 Å². The van der Waals surface area contributed by atoms with Crippen LogP contribution in [-0.4, -0.2) is 5.49 Å². The maximum Gasteiger partial charge on any atom is -1.00 e. The van der Waals surface area contributed by atoms with Gasteiger partial charge in [-0.2, -0.15) is 11.1 Å². The maximum atomic E-state index is 3.30. The molecular formula is C27H38Cl2HfSi-2. The normalized spacial score (nSPS) is 14.8. The fourth-order valence-corrected chi connectivity index (χ4v) is 5.34. The van der Waals surface area contributed by atoms with Gasteiger partial charge in [-0.05, 0) is 10.8 Å². The fraction of sp³-hybridized carbons (Fsp3) is 0.481. The van der Waals surface area contributed by atoms with E-state index in [1.54, 1.807) is 5.19 Å². The van der Waals surface area contributed by atoms with E-state index in [9.17, 15) is 0 Å². The minimum Gasteiger partial charge on any atom is -1.00 e. The van der Waals surface area contributed by atoms with E-state index < -0.39 is 0 Å². The summed E-state index contributed by atoms with van der Waals surface area (Å²) in [6.07, 6.45) is 13.2. The van der Waals surface area contributed by atoms with Gasteiger partial charge in [0.2, 0.25) is 0 Å². The Morgan fingerprint density at radius 2 is 1.10 bits per heavy atom. The summed E-state index contributed by atoms with van der Waals surface area (Å²) in [4.78, 5) is 0. The minimum atomic E-state index is -0.0733. The zero-order chi connectivity index (χ0) is 22.2. The Balaban J connectivity index is 0. The van der Waals surface area contributed by atoms with E-state index in [1.807, 2.05) is 0 Å². The molecule has 0 saturated carbocycles. The molecule has 31 heavy (non-hydrogen) atoms. The standard InChI is InChI=1S/2C10H15.C7H8Si.2ClH.Hf/c2*1-8-5-6-9(7-8)10(2,3)4;1-8-7-5-3-2-4-6-7;;;/h2*7H,6H2,1-4H3;2-6H,1H3;2*1H;/q2*-1;;;;+2/p-2. The van der Waals surface area contributed by atoms with Crippen molar-refractivity contribution in [3.8, 4) is 0 Å². The molecule has 0 aromatic heterocycles. The van der Waals surface area contributed by atoms with Gasteiger partial charge < -0.3 is 24.8 Å². The van der Waals surface area contributed by atoms with Gasteiger partial charge in [-0.25, -0.2) is 23.3 Å². The van der Waals surface area contributed by atoms with E-state index in [2.05, 4.69) is 117 Å². The van der Waals surface area contributed by atoms with Gasteiger partial charge in [0.1, 0.15) is 0 Å². The molecule has 2 aliphatic rings. The number of halogens is 2. The summed E-state index contributed by atoms with van der Waals surface area (Å²) in [5, 5.41) is 1.58. The van der Waals surface area contributed by atoms with E-state index in [0.717, 1.165) is 12.8 Å². The van der Waals surface area contributed by atoms with Gasteiger partial charge in [0.15, 0.2) is 0 Å². The van der Waals surface area contributed by atoms with Crippen LogP contribution < -0.4 is 30.0 Å². The zero-order valence-corrected chi connectivity index (χ0v) is 26.8. The summed E-state index contributed by atoms with van der Waals surface area (Å²) in [6.45, 7) is 20.1. The van der Waals surface area contributed by atoms with E-state index in [4.69, 9.17) is 0 Å². The molecular weight excluding hydrogens is 602 g/mol. The topological polar surface area (TPSA) is 0 Å². The SMILES string of the molecule is CC1=[C-]CC(C(C)(C)C)=C1.CC1=[C-]CC(C(C)(C)C)=C1.C[Si](=[Hf+2])c1ccccc1.[Cl-].[Cl-]. The summed E-state index contributed by atoms with van der Waals surface area (Å²) >= 11 is 1.36. The number of hydrogen-bond donors (Lipinski definition) is 0. The predicted molar refractivity (Wildman–Crippen MR) is 127 cm³/mol. The first-order valence-electron chi connectivity index (χ1n) is 10.5. The molecule has 170 valence electrons. The van der Waals surface area contributed by atoms with Crippen LogP contribution in [0.1, 0.15) is 68.2 Å². The summed E-state index contributed by atoms with van der Waals surface area (Å²) in [5.41, 5.74) is 6.20. The van der Waals surface area contributed by atoms with Gasteiger partial charge in [0.25, 0.3) is 0 Å². The van der Waals surface area contributed by atoms with Gasteiger partial charge in [-0.3, -0.25) is 12.2 Å². The van der Waals surface area contributed by atoms with Crippen molar-refractivity contribution in [1.29, 1.82) is 0 Å². The van der Waals surface area contributed by atoms with E-state index in [-0.39, 0.29) is 30.3 Å². The van der Waals surface area contributed by atoms with Crippen molar-refractivity contribution < 1.29 is 47.8 Å².